The maximum absolute atomic E-state index is 12.5. The van der Waals surface area contributed by atoms with Crippen LogP contribution in [-0.2, 0) is 16.1 Å². The predicted octanol–water partition coefficient (Wildman–Crippen LogP) is 6.77. The van der Waals surface area contributed by atoms with Gasteiger partial charge in [-0.1, -0.05) is 72.8 Å². The fourth-order valence-corrected chi connectivity index (χ4v) is 5.19. The lowest BCUT2D eigenvalue weighted by molar-refractivity contribution is -0.245. The first kappa shape index (κ1) is 25.2. The average Bonchev–Trinajstić information content (AvgIpc) is 2.97. The summed E-state index contributed by atoms with van der Waals surface area (Å²) < 4.78 is 12.8. The monoisotopic (exact) mass is 511 g/mol. The summed E-state index contributed by atoms with van der Waals surface area (Å²) >= 11 is 1.77. The van der Waals surface area contributed by atoms with Crippen molar-refractivity contribution in [3.63, 3.8) is 0 Å². The van der Waals surface area contributed by atoms with Gasteiger partial charge in [0, 0.05) is 33.9 Å². The molecule has 3 unspecified atom stereocenters. The van der Waals surface area contributed by atoms with Gasteiger partial charge in [0.05, 0.1) is 18.8 Å². The third-order valence-electron chi connectivity index (χ3n) is 6.27. The van der Waals surface area contributed by atoms with Gasteiger partial charge >= 0.3 is 0 Å². The molecule has 1 saturated heterocycles. The molecular weight excluding hydrogens is 482 g/mol. The summed E-state index contributed by atoms with van der Waals surface area (Å²) in [5, 5.41) is 12.3. The number of aliphatic hydroxyl groups is 1. The molecule has 0 spiro atoms. The lowest BCUT2D eigenvalue weighted by Crippen LogP contribution is -2.31. The molecule has 0 bridgehead atoms. The summed E-state index contributed by atoms with van der Waals surface area (Å²) in [5.74, 6) is 0.656. The Bertz CT molecular complexity index is 1280. The van der Waals surface area contributed by atoms with Crippen molar-refractivity contribution in [2.45, 2.75) is 36.4 Å². The van der Waals surface area contributed by atoms with E-state index in [0.717, 1.165) is 28.9 Å². The molecule has 0 radical (unpaired) electrons. The Balaban J connectivity index is 1.31. The first-order valence-corrected chi connectivity index (χ1v) is 13.3. The third kappa shape index (κ3) is 6.67. The molecule has 4 aromatic rings. The number of benzene rings is 4. The highest BCUT2D eigenvalue weighted by Gasteiger charge is 2.32. The zero-order valence-corrected chi connectivity index (χ0v) is 21.1. The summed E-state index contributed by atoms with van der Waals surface area (Å²) in [6.45, 7) is 0.0149. The quantitative estimate of drug-likeness (QED) is 0.256. The summed E-state index contributed by atoms with van der Waals surface area (Å²) in [4.78, 5) is 13.7. The first-order chi connectivity index (χ1) is 18.2. The lowest BCUT2D eigenvalue weighted by atomic mass is 10.0. The van der Waals surface area contributed by atoms with Crippen molar-refractivity contribution in [3.8, 4) is 0 Å². The Kier molecular flexibility index (Phi) is 8.33. The molecule has 1 aliphatic rings. The standard InChI is InChI=1S/C31H29NO4S/c33-20-22-11-13-23(14-12-22)29-19-27(21-37-28-9-5-2-6-10-28)35-31(36-29)25-15-17-26(18-16-25)32-30(34)24-7-3-1-4-8-24/h1-18,27,29,31,33H,19-21H2,(H,32,34). The van der Waals surface area contributed by atoms with Gasteiger partial charge in [-0.3, -0.25) is 4.79 Å². The zero-order valence-electron chi connectivity index (χ0n) is 20.3. The van der Waals surface area contributed by atoms with Crippen molar-refractivity contribution in [2.24, 2.45) is 0 Å². The minimum Gasteiger partial charge on any atom is -0.392 e. The number of hydrogen-bond donors (Lipinski definition) is 2. The normalized spacial score (nSPS) is 19.3. The summed E-state index contributed by atoms with van der Waals surface area (Å²) in [7, 11) is 0. The zero-order chi connectivity index (χ0) is 25.5. The van der Waals surface area contributed by atoms with Gasteiger partial charge in [0.1, 0.15) is 0 Å². The van der Waals surface area contributed by atoms with Crippen LogP contribution in [0.4, 0.5) is 5.69 Å². The number of thioether (sulfide) groups is 1. The van der Waals surface area contributed by atoms with E-state index in [1.54, 1.807) is 23.9 Å². The van der Waals surface area contributed by atoms with Crippen LogP contribution < -0.4 is 5.32 Å². The van der Waals surface area contributed by atoms with Crippen molar-refractivity contribution < 1.29 is 19.4 Å². The molecule has 2 N–H and O–H groups in total. The molecule has 0 saturated carbocycles. The average molecular weight is 512 g/mol. The molecular formula is C31H29NO4S. The molecule has 6 heteroatoms. The number of aliphatic hydroxyl groups excluding tert-OH is 1. The molecule has 1 aliphatic heterocycles. The Hall–Kier alpha value is -3.42. The van der Waals surface area contributed by atoms with Crippen molar-refractivity contribution in [2.75, 3.05) is 11.1 Å². The highest BCUT2D eigenvalue weighted by Crippen LogP contribution is 2.39. The number of amides is 1. The largest absolute Gasteiger partial charge is 0.392 e. The minimum atomic E-state index is -0.531. The van der Waals surface area contributed by atoms with E-state index in [-0.39, 0.29) is 24.7 Å². The topological polar surface area (TPSA) is 67.8 Å². The fraction of sp³-hybridized carbons (Fsp3) is 0.194. The second kappa shape index (κ2) is 12.2. The number of carbonyl (C=O) groups excluding carboxylic acids is 1. The van der Waals surface area contributed by atoms with E-state index < -0.39 is 6.29 Å². The van der Waals surface area contributed by atoms with Gasteiger partial charge in [-0.15, -0.1) is 11.8 Å². The van der Waals surface area contributed by atoms with Crippen LogP contribution in [0.2, 0.25) is 0 Å². The van der Waals surface area contributed by atoms with Gasteiger partial charge < -0.3 is 19.9 Å². The molecule has 4 aromatic carbocycles. The fourth-order valence-electron chi connectivity index (χ4n) is 4.25. The van der Waals surface area contributed by atoms with Crippen molar-refractivity contribution in [3.05, 3.63) is 131 Å². The molecule has 1 heterocycles. The number of rotatable bonds is 8. The molecule has 5 nitrogen and oxygen atoms in total. The van der Waals surface area contributed by atoms with Crippen LogP contribution in [-0.4, -0.2) is 22.9 Å². The maximum atomic E-state index is 12.5. The molecule has 1 amide bonds. The van der Waals surface area contributed by atoms with Gasteiger partial charge in [0.2, 0.25) is 0 Å². The van der Waals surface area contributed by atoms with Crippen molar-refractivity contribution in [1.82, 2.24) is 0 Å². The van der Waals surface area contributed by atoms with Crippen LogP contribution in [0.15, 0.2) is 114 Å². The third-order valence-corrected chi connectivity index (χ3v) is 7.41. The van der Waals surface area contributed by atoms with E-state index >= 15 is 0 Å². The smallest absolute Gasteiger partial charge is 0.255 e. The van der Waals surface area contributed by atoms with Gasteiger partial charge in [-0.2, -0.15) is 0 Å². The Labute approximate surface area is 221 Å². The van der Waals surface area contributed by atoms with E-state index in [4.69, 9.17) is 9.47 Å². The number of carbonyl (C=O) groups is 1. The molecule has 3 atom stereocenters. The van der Waals surface area contributed by atoms with Crippen LogP contribution >= 0.6 is 11.8 Å². The number of ether oxygens (including phenoxy) is 2. The van der Waals surface area contributed by atoms with E-state index in [2.05, 4.69) is 17.4 Å². The Morgan fingerprint density at radius 2 is 1.46 bits per heavy atom. The minimum absolute atomic E-state index is 0.0102. The van der Waals surface area contributed by atoms with Crippen molar-refractivity contribution in [1.29, 1.82) is 0 Å². The summed E-state index contributed by atoms with van der Waals surface area (Å²) in [5.41, 5.74) is 4.15. The molecule has 0 aromatic heterocycles. The first-order valence-electron chi connectivity index (χ1n) is 12.3. The summed E-state index contributed by atoms with van der Waals surface area (Å²) in [6.07, 6.45) is 0.0609. The van der Waals surface area contributed by atoms with Gasteiger partial charge in [-0.25, -0.2) is 0 Å². The number of anilines is 1. The SMILES string of the molecule is O=C(Nc1ccc(C2OC(CSc3ccccc3)CC(c3ccc(CO)cc3)O2)cc1)c1ccccc1. The van der Waals surface area contributed by atoms with Crippen LogP contribution in [0.3, 0.4) is 0 Å². The van der Waals surface area contributed by atoms with Crippen LogP contribution in [0, 0.1) is 0 Å². The second-order valence-electron chi connectivity index (χ2n) is 8.92. The van der Waals surface area contributed by atoms with Crippen LogP contribution in [0.25, 0.3) is 0 Å². The maximum Gasteiger partial charge on any atom is 0.255 e. The van der Waals surface area contributed by atoms with Crippen LogP contribution in [0.1, 0.15) is 45.9 Å². The Morgan fingerprint density at radius 1 is 0.811 bits per heavy atom. The summed E-state index contributed by atoms with van der Waals surface area (Å²) in [6, 6.07) is 35.0. The van der Waals surface area contributed by atoms with Crippen molar-refractivity contribution >= 4 is 23.4 Å². The van der Waals surface area contributed by atoms with Gasteiger partial charge in [0.25, 0.3) is 5.91 Å². The van der Waals surface area contributed by atoms with E-state index in [9.17, 15) is 9.90 Å². The lowest BCUT2D eigenvalue weighted by Gasteiger charge is -2.36. The van der Waals surface area contributed by atoms with E-state index in [1.165, 1.54) is 4.90 Å². The number of nitrogens with one attached hydrogen (secondary N) is 1. The van der Waals surface area contributed by atoms with Crippen LogP contribution in [0.5, 0.6) is 0 Å². The molecule has 5 rings (SSSR count). The second-order valence-corrected chi connectivity index (χ2v) is 10.0. The molecule has 1 fully saturated rings. The molecule has 37 heavy (non-hydrogen) atoms. The highest BCUT2D eigenvalue weighted by molar-refractivity contribution is 7.99. The molecule has 0 aliphatic carbocycles. The highest BCUT2D eigenvalue weighted by atomic mass is 32.2. The Morgan fingerprint density at radius 3 is 2.14 bits per heavy atom. The van der Waals surface area contributed by atoms with E-state index in [1.807, 2.05) is 84.9 Å². The number of hydrogen-bond acceptors (Lipinski definition) is 5. The van der Waals surface area contributed by atoms with Gasteiger partial charge in [0.15, 0.2) is 6.29 Å². The predicted molar refractivity (Wildman–Crippen MR) is 146 cm³/mol. The van der Waals surface area contributed by atoms with Gasteiger partial charge in [-0.05, 0) is 47.5 Å². The van der Waals surface area contributed by atoms with E-state index in [0.29, 0.717) is 11.3 Å². The molecule has 188 valence electrons.